The zero-order valence-corrected chi connectivity index (χ0v) is 15.8. The Morgan fingerprint density at radius 3 is 2.89 bits per heavy atom. The summed E-state index contributed by atoms with van der Waals surface area (Å²) in [6.45, 7) is 4.34. The Bertz CT molecular complexity index is 720. The Kier molecular flexibility index (Phi) is 5.98. The second kappa shape index (κ2) is 8.41. The molecule has 0 bridgehead atoms. The number of fused-ring (bicyclic) bond motifs is 1. The predicted octanol–water partition coefficient (Wildman–Crippen LogP) is 2.50. The SMILES string of the molecule is CCC1CCCCN1C(=O)C(C)OC(=O)CC1Oc2ccccc2NC1=O. The topological polar surface area (TPSA) is 84.9 Å². The first-order chi connectivity index (χ1) is 13.0. The number of para-hydroxylation sites is 2. The lowest BCUT2D eigenvalue weighted by molar-refractivity contribution is -0.162. The summed E-state index contributed by atoms with van der Waals surface area (Å²) in [5, 5.41) is 2.71. The van der Waals surface area contributed by atoms with Gasteiger partial charge in [-0.3, -0.25) is 14.4 Å². The Morgan fingerprint density at radius 2 is 2.11 bits per heavy atom. The maximum absolute atomic E-state index is 12.7. The molecule has 0 spiro atoms. The molecular formula is C20H26N2O5. The van der Waals surface area contributed by atoms with Gasteiger partial charge < -0.3 is 19.7 Å². The van der Waals surface area contributed by atoms with E-state index in [1.807, 2.05) is 4.90 Å². The number of anilines is 1. The van der Waals surface area contributed by atoms with Gasteiger partial charge in [0.15, 0.2) is 12.2 Å². The summed E-state index contributed by atoms with van der Waals surface area (Å²) in [5.41, 5.74) is 0.575. The van der Waals surface area contributed by atoms with E-state index in [0.717, 1.165) is 25.7 Å². The van der Waals surface area contributed by atoms with E-state index in [0.29, 0.717) is 18.0 Å². The Hall–Kier alpha value is -2.57. The molecule has 27 heavy (non-hydrogen) atoms. The van der Waals surface area contributed by atoms with Crippen LogP contribution < -0.4 is 10.1 Å². The van der Waals surface area contributed by atoms with Crippen molar-refractivity contribution < 1.29 is 23.9 Å². The molecule has 1 fully saturated rings. The highest BCUT2D eigenvalue weighted by Crippen LogP contribution is 2.29. The fraction of sp³-hybridized carbons (Fsp3) is 0.550. The minimum Gasteiger partial charge on any atom is -0.478 e. The number of nitrogens with zero attached hydrogens (tertiary/aromatic N) is 1. The standard InChI is InChI=1S/C20H26N2O5/c1-3-14-8-6-7-11-22(14)20(25)13(2)26-18(23)12-17-19(24)21-15-9-4-5-10-16(15)27-17/h4-5,9-10,13-14,17H,3,6-8,11-12H2,1-2H3,(H,21,24). The van der Waals surface area contributed by atoms with Crippen LogP contribution in [0.3, 0.4) is 0 Å². The van der Waals surface area contributed by atoms with Crippen LogP contribution in [0.4, 0.5) is 5.69 Å². The lowest BCUT2D eigenvalue weighted by Gasteiger charge is -2.36. The molecule has 0 aliphatic carbocycles. The van der Waals surface area contributed by atoms with Gasteiger partial charge in [0.25, 0.3) is 11.8 Å². The molecule has 1 N–H and O–H groups in total. The number of esters is 1. The van der Waals surface area contributed by atoms with Crippen LogP contribution in [-0.2, 0) is 19.1 Å². The molecule has 0 aromatic heterocycles. The summed E-state index contributed by atoms with van der Waals surface area (Å²) < 4.78 is 10.9. The molecule has 146 valence electrons. The highest BCUT2D eigenvalue weighted by Gasteiger charge is 2.33. The van der Waals surface area contributed by atoms with Crippen LogP contribution in [-0.4, -0.2) is 47.5 Å². The first-order valence-electron chi connectivity index (χ1n) is 9.56. The van der Waals surface area contributed by atoms with Crippen molar-refractivity contribution in [3.05, 3.63) is 24.3 Å². The molecule has 2 amide bonds. The summed E-state index contributed by atoms with van der Waals surface area (Å²) in [6, 6.07) is 7.23. The highest BCUT2D eigenvalue weighted by molar-refractivity contribution is 5.99. The first kappa shape index (κ1) is 19.2. The van der Waals surface area contributed by atoms with Crippen LogP contribution in [0.5, 0.6) is 5.75 Å². The van der Waals surface area contributed by atoms with Gasteiger partial charge in [0.2, 0.25) is 0 Å². The van der Waals surface area contributed by atoms with Gasteiger partial charge in [-0.05, 0) is 44.7 Å². The Balaban J connectivity index is 1.55. The van der Waals surface area contributed by atoms with Gasteiger partial charge in [-0.15, -0.1) is 0 Å². The third-order valence-corrected chi connectivity index (χ3v) is 5.10. The number of nitrogens with one attached hydrogen (secondary N) is 1. The molecule has 3 unspecified atom stereocenters. The van der Waals surface area contributed by atoms with Gasteiger partial charge in [-0.25, -0.2) is 0 Å². The molecule has 1 saturated heterocycles. The number of benzene rings is 1. The van der Waals surface area contributed by atoms with Crippen molar-refractivity contribution in [1.29, 1.82) is 0 Å². The van der Waals surface area contributed by atoms with Crippen LogP contribution in [0, 0.1) is 0 Å². The molecule has 1 aromatic rings. The number of ether oxygens (including phenoxy) is 2. The van der Waals surface area contributed by atoms with E-state index >= 15 is 0 Å². The van der Waals surface area contributed by atoms with Crippen molar-refractivity contribution in [2.45, 2.75) is 64.2 Å². The minimum atomic E-state index is -0.965. The third kappa shape index (κ3) is 4.40. The van der Waals surface area contributed by atoms with E-state index in [1.165, 1.54) is 0 Å². The second-order valence-electron chi connectivity index (χ2n) is 7.02. The molecule has 2 aliphatic rings. The molecule has 3 rings (SSSR count). The molecule has 7 heteroatoms. The number of piperidine rings is 1. The van der Waals surface area contributed by atoms with Crippen LogP contribution >= 0.6 is 0 Å². The average Bonchev–Trinajstić information content (AvgIpc) is 2.67. The summed E-state index contributed by atoms with van der Waals surface area (Å²) in [5.74, 6) is -0.681. The van der Waals surface area contributed by atoms with E-state index in [4.69, 9.17) is 9.47 Å². The Morgan fingerprint density at radius 1 is 1.33 bits per heavy atom. The summed E-state index contributed by atoms with van der Waals surface area (Å²) >= 11 is 0. The number of carbonyl (C=O) groups is 3. The number of likely N-dealkylation sites (tertiary alicyclic amines) is 1. The van der Waals surface area contributed by atoms with Crippen LogP contribution in [0.1, 0.15) is 46.0 Å². The lowest BCUT2D eigenvalue weighted by atomic mass is 9.99. The molecule has 2 aliphatic heterocycles. The zero-order chi connectivity index (χ0) is 19.4. The lowest BCUT2D eigenvalue weighted by Crippen LogP contribution is -2.48. The fourth-order valence-corrected chi connectivity index (χ4v) is 3.62. The first-order valence-corrected chi connectivity index (χ1v) is 9.56. The number of hydrogen-bond acceptors (Lipinski definition) is 5. The number of rotatable bonds is 5. The van der Waals surface area contributed by atoms with Crippen molar-refractivity contribution in [3.63, 3.8) is 0 Å². The molecule has 0 saturated carbocycles. The minimum absolute atomic E-state index is 0.172. The Labute approximate surface area is 159 Å². The highest BCUT2D eigenvalue weighted by atomic mass is 16.6. The van der Waals surface area contributed by atoms with Gasteiger partial charge in [-0.1, -0.05) is 19.1 Å². The summed E-state index contributed by atoms with van der Waals surface area (Å²) in [7, 11) is 0. The maximum atomic E-state index is 12.7. The molecule has 0 radical (unpaired) electrons. The largest absolute Gasteiger partial charge is 0.478 e. The van der Waals surface area contributed by atoms with Gasteiger partial charge in [-0.2, -0.15) is 0 Å². The molecule has 1 aromatic carbocycles. The van der Waals surface area contributed by atoms with Crippen LogP contribution in [0.25, 0.3) is 0 Å². The number of amides is 2. The predicted molar refractivity (Wildman–Crippen MR) is 99.3 cm³/mol. The van der Waals surface area contributed by atoms with E-state index < -0.39 is 24.1 Å². The second-order valence-corrected chi connectivity index (χ2v) is 7.02. The fourth-order valence-electron chi connectivity index (χ4n) is 3.62. The van der Waals surface area contributed by atoms with Crippen molar-refractivity contribution in [3.8, 4) is 5.75 Å². The molecule has 2 heterocycles. The summed E-state index contributed by atoms with van der Waals surface area (Å²) in [4.78, 5) is 38.9. The van der Waals surface area contributed by atoms with Crippen molar-refractivity contribution in [2.24, 2.45) is 0 Å². The molecular weight excluding hydrogens is 348 g/mol. The van der Waals surface area contributed by atoms with Crippen molar-refractivity contribution in [1.82, 2.24) is 4.90 Å². The molecule has 3 atom stereocenters. The molecule has 7 nitrogen and oxygen atoms in total. The van der Waals surface area contributed by atoms with Gasteiger partial charge in [0, 0.05) is 12.6 Å². The monoisotopic (exact) mass is 374 g/mol. The zero-order valence-electron chi connectivity index (χ0n) is 15.8. The maximum Gasteiger partial charge on any atom is 0.310 e. The van der Waals surface area contributed by atoms with E-state index in [-0.39, 0.29) is 18.4 Å². The third-order valence-electron chi connectivity index (χ3n) is 5.10. The number of carbonyl (C=O) groups excluding carboxylic acids is 3. The number of hydrogen-bond donors (Lipinski definition) is 1. The van der Waals surface area contributed by atoms with Gasteiger partial charge in [0.05, 0.1) is 12.1 Å². The van der Waals surface area contributed by atoms with Gasteiger partial charge in [0.1, 0.15) is 5.75 Å². The van der Waals surface area contributed by atoms with Crippen LogP contribution in [0.15, 0.2) is 24.3 Å². The van der Waals surface area contributed by atoms with Crippen molar-refractivity contribution in [2.75, 3.05) is 11.9 Å². The summed E-state index contributed by atoms with van der Waals surface area (Å²) in [6.07, 6.45) is 1.89. The van der Waals surface area contributed by atoms with Gasteiger partial charge >= 0.3 is 5.97 Å². The normalized spacial score (nSPS) is 22.9. The van der Waals surface area contributed by atoms with Crippen LogP contribution in [0.2, 0.25) is 0 Å². The average molecular weight is 374 g/mol. The quantitative estimate of drug-likeness (QED) is 0.801. The van der Waals surface area contributed by atoms with Crippen molar-refractivity contribution >= 4 is 23.5 Å². The smallest absolute Gasteiger partial charge is 0.310 e. The van der Waals surface area contributed by atoms with E-state index in [9.17, 15) is 14.4 Å². The van der Waals surface area contributed by atoms with E-state index in [2.05, 4.69) is 12.2 Å². The van der Waals surface area contributed by atoms with E-state index in [1.54, 1.807) is 31.2 Å².